The van der Waals surface area contributed by atoms with Crippen LogP contribution in [0.2, 0.25) is 10.0 Å². The maximum absolute atomic E-state index is 12.7. The van der Waals surface area contributed by atoms with E-state index in [0.29, 0.717) is 22.0 Å². The Morgan fingerprint density at radius 1 is 1.12 bits per heavy atom. The van der Waals surface area contributed by atoms with Crippen molar-refractivity contribution in [2.45, 2.75) is 0 Å². The summed E-state index contributed by atoms with van der Waals surface area (Å²) in [6, 6.07) is 10.5. The van der Waals surface area contributed by atoms with Crippen LogP contribution in [0.3, 0.4) is 0 Å². The lowest BCUT2D eigenvalue weighted by molar-refractivity contribution is 0.102. The number of halogens is 2. The summed E-state index contributed by atoms with van der Waals surface area (Å²) in [5.74, 6) is -0.312. The molecule has 1 fully saturated rings. The monoisotopic (exact) mass is 378 g/mol. The second-order valence-corrected chi connectivity index (χ2v) is 6.91. The van der Waals surface area contributed by atoms with Gasteiger partial charge in [0.05, 0.1) is 27.0 Å². The van der Waals surface area contributed by atoms with Gasteiger partial charge in [0.15, 0.2) is 0 Å². The predicted molar refractivity (Wildman–Crippen MR) is 105 cm³/mol. The Kier molecular flexibility index (Phi) is 5.37. The van der Waals surface area contributed by atoms with E-state index < -0.39 is 0 Å². The Bertz CT molecular complexity index is 789. The minimum Gasteiger partial charge on any atom is -0.399 e. The number of likely N-dealkylation sites (N-methyl/N-ethyl adjacent to an activating group) is 1. The Balaban J connectivity index is 1.87. The number of benzene rings is 2. The molecule has 0 aliphatic carbocycles. The molecule has 3 N–H and O–H groups in total. The molecule has 25 heavy (non-hydrogen) atoms. The minimum absolute atomic E-state index is 0.242. The Labute approximate surface area is 157 Å². The summed E-state index contributed by atoms with van der Waals surface area (Å²) in [7, 11) is 2.10. The molecule has 2 aromatic carbocycles. The smallest absolute Gasteiger partial charge is 0.257 e. The fourth-order valence-electron chi connectivity index (χ4n) is 2.85. The molecule has 0 unspecified atom stereocenters. The number of nitrogen functional groups attached to an aromatic ring is 1. The summed E-state index contributed by atoms with van der Waals surface area (Å²) in [6.07, 6.45) is 0. The lowest BCUT2D eigenvalue weighted by Crippen LogP contribution is -2.44. The standard InChI is InChI=1S/C18H20Cl2N4O/c1-23-7-9-24(10-8-23)16-6-5-12(21)11-15(16)22-18(25)13-3-2-4-14(19)17(13)20/h2-6,11H,7-10,21H2,1H3,(H,22,25). The van der Waals surface area contributed by atoms with Gasteiger partial charge in [-0.1, -0.05) is 29.3 Å². The van der Waals surface area contributed by atoms with Gasteiger partial charge >= 0.3 is 0 Å². The number of anilines is 3. The topological polar surface area (TPSA) is 61.6 Å². The number of nitrogens with two attached hydrogens (primary N) is 1. The molecule has 2 aromatic rings. The first-order valence-corrected chi connectivity index (χ1v) is 8.79. The van der Waals surface area contributed by atoms with Gasteiger partial charge in [0.1, 0.15) is 0 Å². The van der Waals surface area contributed by atoms with E-state index in [4.69, 9.17) is 28.9 Å². The number of hydrogen-bond donors (Lipinski definition) is 2. The van der Waals surface area contributed by atoms with Gasteiger partial charge in [0, 0.05) is 31.9 Å². The second-order valence-electron chi connectivity index (χ2n) is 6.12. The number of nitrogens with zero attached hydrogens (tertiary/aromatic N) is 2. The van der Waals surface area contributed by atoms with E-state index in [1.54, 1.807) is 24.3 Å². The molecule has 1 saturated heterocycles. The summed E-state index contributed by atoms with van der Waals surface area (Å²) in [5.41, 5.74) is 8.47. The summed E-state index contributed by atoms with van der Waals surface area (Å²) >= 11 is 12.2. The van der Waals surface area contributed by atoms with Crippen molar-refractivity contribution in [3.8, 4) is 0 Å². The summed E-state index contributed by atoms with van der Waals surface area (Å²) < 4.78 is 0. The van der Waals surface area contributed by atoms with Gasteiger partial charge in [-0.05, 0) is 37.4 Å². The van der Waals surface area contributed by atoms with Gasteiger partial charge in [-0.3, -0.25) is 4.79 Å². The minimum atomic E-state index is -0.312. The number of carbonyl (C=O) groups excluding carboxylic acids is 1. The van der Waals surface area contributed by atoms with Crippen molar-refractivity contribution in [3.63, 3.8) is 0 Å². The van der Waals surface area contributed by atoms with Gasteiger partial charge in [-0.15, -0.1) is 0 Å². The summed E-state index contributed by atoms with van der Waals surface area (Å²) in [6.45, 7) is 3.72. The Morgan fingerprint density at radius 2 is 1.84 bits per heavy atom. The molecule has 0 aromatic heterocycles. The van der Waals surface area contributed by atoms with Crippen molar-refractivity contribution in [2.75, 3.05) is 49.2 Å². The molecule has 7 heteroatoms. The van der Waals surface area contributed by atoms with Crippen molar-refractivity contribution in [1.29, 1.82) is 0 Å². The molecule has 0 bridgehead atoms. The molecule has 1 aliphatic rings. The number of amides is 1. The van der Waals surface area contributed by atoms with Crippen LogP contribution in [0, 0.1) is 0 Å². The average Bonchev–Trinajstić information content (AvgIpc) is 2.58. The van der Waals surface area contributed by atoms with Gasteiger partial charge in [0.25, 0.3) is 5.91 Å². The van der Waals surface area contributed by atoms with Crippen LogP contribution in [0.15, 0.2) is 36.4 Å². The van der Waals surface area contributed by atoms with Crippen LogP contribution in [-0.4, -0.2) is 44.0 Å². The van der Waals surface area contributed by atoms with Crippen LogP contribution < -0.4 is 16.0 Å². The van der Waals surface area contributed by atoms with E-state index in [2.05, 4.69) is 22.2 Å². The fraction of sp³-hybridized carbons (Fsp3) is 0.278. The summed E-state index contributed by atoms with van der Waals surface area (Å²) in [5, 5.41) is 3.52. The van der Waals surface area contributed by atoms with Gasteiger partial charge in [-0.2, -0.15) is 0 Å². The van der Waals surface area contributed by atoms with E-state index in [0.717, 1.165) is 31.9 Å². The predicted octanol–water partition coefficient (Wildman–Crippen LogP) is 3.58. The third kappa shape index (κ3) is 4.00. The van der Waals surface area contributed by atoms with Crippen molar-refractivity contribution in [2.24, 2.45) is 0 Å². The molecule has 132 valence electrons. The van der Waals surface area contributed by atoms with Crippen LogP contribution in [0.4, 0.5) is 17.1 Å². The Hall–Kier alpha value is -1.95. The number of nitrogens with one attached hydrogen (secondary N) is 1. The molecule has 0 radical (unpaired) electrons. The van der Waals surface area contributed by atoms with E-state index in [-0.39, 0.29) is 10.9 Å². The van der Waals surface area contributed by atoms with Crippen LogP contribution in [-0.2, 0) is 0 Å². The Morgan fingerprint density at radius 3 is 2.56 bits per heavy atom. The zero-order valence-corrected chi connectivity index (χ0v) is 15.4. The van der Waals surface area contributed by atoms with Crippen LogP contribution in [0.1, 0.15) is 10.4 Å². The third-order valence-corrected chi connectivity index (χ3v) is 5.13. The maximum Gasteiger partial charge on any atom is 0.257 e. The van der Waals surface area contributed by atoms with E-state index in [1.807, 2.05) is 12.1 Å². The lowest BCUT2D eigenvalue weighted by atomic mass is 10.1. The number of rotatable bonds is 3. The second kappa shape index (κ2) is 7.52. The van der Waals surface area contributed by atoms with E-state index in [1.165, 1.54) is 0 Å². The van der Waals surface area contributed by atoms with Gasteiger partial charge in [0.2, 0.25) is 0 Å². The number of hydrogen-bond acceptors (Lipinski definition) is 4. The van der Waals surface area contributed by atoms with Crippen molar-refractivity contribution in [1.82, 2.24) is 4.90 Å². The van der Waals surface area contributed by atoms with Crippen molar-refractivity contribution in [3.05, 3.63) is 52.0 Å². The highest BCUT2D eigenvalue weighted by molar-refractivity contribution is 6.44. The number of piperazine rings is 1. The quantitative estimate of drug-likeness (QED) is 0.801. The van der Waals surface area contributed by atoms with Crippen molar-refractivity contribution < 1.29 is 4.79 Å². The molecule has 1 amide bonds. The van der Waals surface area contributed by atoms with Crippen LogP contribution in [0.5, 0.6) is 0 Å². The first kappa shape index (κ1) is 17.9. The molecule has 0 saturated carbocycles. The molecule has 3 rings (SSSR count). The molecular formula is C18H20Cl2N4O. The summed E-state index contributed by atoms with van der Waals surface area (Å²) in [4.78, 5) is 17.2. The molecule has 1 heterocycles. The molecule has 5 nitrogen and oxygen atoms in total. The molecular weight excluding hydrogens is 359 g/mol. The first-order chi connectivity index (χ1) is 12.0. The molecule has 1 aliphatic heterocycles. The first-order valence-electron chi connectivity index (χ1n) is 8.04. The highest BCUT2D eigenvalue weighted by Gasteiger charge is 2.20. The lowest BCUT2D eigenvalue weighted by Gasteiger charge is -2.35. The third-order valence-electron chi connectivity index (χ3n) is 4.31. The van der Waals surface area contributed by atoms with Crippen LogP contribution in [0.25, 0.3) is 0 Å². The van der Waals surface area contributed by atoms with E-state index >= 15 is 0 Å². The highest BCUT2D eigenvalue weighted by atomic mass is 35.5. The van der Waals surface area contributed by atoms with Crippen molar-refractivity contribution >= 4 is 46.2 Å². The van der Waals surface area contributed by atoms with Gasteiger partial charge in [-0.25, -0.2) is 0 Å². The fourth-order valence-corrected chi connectivity index (χ4v) is 3.23. The number of carbonyl (C=O) groups is 1. The normalized spacial score (nSPS) is 15.2. The highest BCUT2D eigenvalue weighted by Crippen LogP contribution is 2.31. The average molecular weight is 379 g/mol. The van der Waals surface area contributed by atoms with E-state index in [9.17, 15) is 4.79 Å². The maximum atomic E-state index is 12.7. The SMILES string of the molecule is CN1CCN(c2ccc(N)cc2NC(=O)c2cccc(Cl)c2Cl)CC1. The molecule has 0 spiro atoms. The zero-order chi connectivity index (χ0) is 18.0. The molecule has 0 atom stereocenters. The van der Waals surface area contributed by atoms with Gasteiger partial charge < -0.3 is 20.9 Å². The van der Waals surface area contributed by atoms with Crippen LogP contribution >= 0.6 is 23.2 Å². The zero-order valence-electron chi connectivity index (χ0n) is 13.9. The largest absolute Gasteiger partial charge is 0.399 e.